The van der Waals surface area contributed by atoms with Crippen molar-refractivity contribution in [3.8, 4) is 0 Å². The van der Waals surface area contributed by atoms with Crippen molar-refractivity contribution in [3.05, 3.63) is 78.4 Å². The summed E-state index contributed by atoms with van der Waals surface area (Å²) >= 11 is 0. The third-order valence-corrected chi connectivity index (χ3v) is 5.14. The van der Waals surface area contributed by atoms with Crippen LogP contribution >= 0.6 is 0 Å². The van der Waals surface area contributed by atoms with Crippen LogP contribution in [0.5, 0.6) is 0 Å². The van der Waals surface area contributed by atoms with Crippen molar-refractivity contribution in [3.63, 3.8) is 0 Å². The van der Waals surface area contributed by atoms with Gasteiger partial charge in [-0.05, 0) is 43.3 Å². The zero-order chi connectivity index (χ0) is 26.1. The number of esters is 1. The summed E-state index contributed by atoms with van der Waals surface area (Å²) in [6.45, 7) is 0.255. The highest BCUT2D eigenvalue weighted by molar-refractivity contribution is 6.02. The number of hydrogen-bond donors (Lipinski definition) is 4. The van der Waals surface area contributed by atoms with E-state index in [0.717, 1.165) is 0 Å². The fraction of sp³-hybridized carbons (Fsp3) is 0.240. The first-order chi connectivity index (χ1) is 17.3. The molecule has 0 fully saturated rings. The maximum absolute atomic E-state index is 13.2. The molecule has 0 bridgehead atoms. The van der Waals surface area contributed by atoms with Crippen LogP contribution in [0.1, 0.15) is 38.4 Å². The van der Waals surface area contributed by atoms with Crippen LogP contribution in [0.3, 0.4) is 0 Å². The van der Waals surface area contributed by atoms with Crippen LogP contribution in [0.2, 0.25) is 0 Å². The van der Waals surface area contributed by atoms with Gasteiger partial charge in [-0.1, -0.05) is 18.2 Å². The molecule has 0 saturated carbocycles. The average Bonchev–Trinajstić information content (AvgIpc) is 3.38. The standard InChI is InChI=1S/C25H28N6O4/c1-2-35-25(34)20(24-28-14-15-29-24)16-30-21(32)12-13-22(33)31(18-6-4-3-5-7-18)19-10-8-17(9-11-19)23(26)27/h3-11,14-15,20H,2,12-13,16H2,1H3,(H3,26,27)(H,28,29)(H,30,32)/i2D. The molecule has 182 valence electrons. The zero-order valence-corrected chi connectivity index (χ0v) is 19.2. The number of aromatic amines is 1. The molecule has 0 aliphatic heterocycles. The van der Waals surface area contributed by atoms with Crippen LogP contribution in [0, 0.1) is 5.41 Å². The maximum atomic E-state index is 13.2. The molecular weight excluding hydrogens is 448 g/mol. The molecule has 3 rings (SSSR count). The molecule has 0 saturated heterocycles. The van der Waals surface area contributed by atoms with Crippen LogP contribution < -0.4 is 16.0 Å². The number of amidine groups is 1. The fourth-order valence-corrected chi connectivity index (χ4v) is 3.40. The van der Waals surface area contributed by atoms with Gasteiger partial charge in [-0.25, -0.2) is 4.98 Å². The second-order valence-electron chi connectivity index (χ2n) is 7.53. The number of nitrogens with two attached hydrogens (primary N) is 1. The first-order valence-electron chi connectivity index (χ1n) is 11.5. The summed E-state index contributed by atoms with van der Waals surface area (Å²) in [6.07, 6.45) is 2.82. The van der Waals surface area contributed by atoms with E-state index < -0.39 is 24.4 Å². The number of carbonyl (C=O) groups is 3. The lowest BCUT2D eigenvalue weighted by Gasteiger charge is -2.23. The summed E-state index contributed by atoms with van der Waals surface area (Å²) in [7, 11) is 0. The van der Waals surface area contributed by atoms with Crippen LogP contribution in [0.25, 0.3) is 0 Å². The highest BCUT2D eigenvalue weighted by Gasteiger charge is 2.25. The van der Waals surface area contributed by atoms with E-state index in [4.69, 9.17) is 17.3 Å². The van der Waals surface area contributed by atoms with Gasteiger partial charge < -0.3 is 20.8 Å². The monoisotopic (exact) mass is 477 g/mol. The van der Waals surface area contributed by atoms with Gasteiger partial charge in [0, 0.05) is 48.7 Å². The fourth-order valence-electron chi connectivity index (χ4n) is 3.40. The number of rotatable bonds is 11. The van der Waals surface area contributed by atoms with E-state index in [1.165, 1.54) is 18.0 Å². The van der Waals surface area contributed by atoms with Gasteiger partial charge in [-0.3, -0.25) is 24.7 Å². The zero-order valence-electron chi connectivity index (χ0n) is 20.2. The number of carbonyl (C=O) groups excluding carboxylic acids is 3. The molecule has 10 nitrogen and oxygen atoms in total. The number of hydrogen-bond acceptors (Lipinski definition) is 6. The Morgan fingerprint density at radius 2 is 1.83 bits per heavy atom. The SMILES string of the molecule is [2H]C(C)OC(=O)C(CNC(=O)CCC(=O)N(c1ccccc1)c1ccc(C(=N)N)cc1)c1ncc[nH]1. The average molecular weight is 478 g/mol. The van der Waals surface area contributed by atoms with E-state index in [1.807, 2.05) is 6.07 Å². The second-order valence-corrected chi connectivity index (χ2v) is 7.53. The quantitative estimate of drug-likeness (QED) is 0.189. The molecule has 3 aromatic rings. The highest BCUT2D eigenvalue weighted by atomic mass is 16.5. The van der Waals surface area contributed by atoms with Crippen LogP contribution in [-0.4, -0.2) is 46.7 Å². The Labute approximate surface area is 204 Å². The Morgan fingerprint density at radius 1 is 1.14 bits per heavy atom. The lowest BCUT2D eigenvalue weighted by atomic mass is 10.1. The summed E-state index contributed by atoms with van der Waals surface area (Å²) in [6, 6.07) is 15.7. The third-order valence-electron chi connectivity index (χ3n) is 5.14. The number of ether oxygens (including phenoxy) is 1. The Balaban J connectivity index is 1.66. The molecule has 0 aliphatic rings. The van der Waals surface area contributed by atoms with Crippen molar-refractivity contribution in [1.29, 1.82) is 5.41 Å². The van der Waals surface area contributed by atoms with Gasteiger partial charge in [0.2, 0.25) is 11.8 Å². The van der Waals surface area contributed by atoms with E-state index in [0.29, 0.717) is 22.8 Å². The Hall–Kier alpha value is -4.47. The molecule has 2 atom stereocenters. The summed E-state index contributed by atoms with van der Waals surface area (Å²) in [5, 5.41) is 10.2. The van der Waals surface area contributed by atoms with Gasteiger partial charge in [0.1, 0.15) is 17.6 Å². The predicted molar refractivity (Wildman–Crippen MR) is 131 cm³/mol. The number of imidazole rings is 1. The number of aromatic nitrogens is 2. The van der Waals surface area contributed by atoms with Crippen molar-refractivity contribution in [1.82, 2.24) is 15.3 Å². The molecule has 2 unspecified atom stereocenters. The smallest absolute Gasteiger partial charge is 0.318 e. The third kappa shape index (κ3) is 6.76. The van der Waals surface area contributed by atoms with Gasteiger partial charge in [0.15, 0.2) is 0 Å². The topological polar surface area (TPSA) is 154 Å². The van der Waals surface area contributed by atoms with Gasteiger partial charge in [-0.2, -0.15) is 0 Å². The van der Waals surface area contributed by atoms with Gasteiger partial charge in [0.25, 0.3) is 0 Å². The largest absolute Gasteiger partial charge is 0.465 e. The lowest BCUT2D eigenvalue weighted by molar-refractivity contribution is -0.145. The number of H-pyrrole nitrogens is 1. The molecule has 5 N–H and O–H groups in total. The molecular formula is C25H28N6O4. The molecule has 1 aromatic heterocycles. The van der Waals surface area contributed by atoms with Crippen LogP contribution in [-0.2, 0) is 19.1 Å². The van der Waals surface area contributed by atoms with E-state index in [1.54, 1.807) is 54.7 Å². The minimum Gasteiger partial charge on any atom is -0.465 e. The molecule has 0 radical (unpaired) electrons. The number of nitrogens with zero attached hydrogens (tertiary/aromatic N) is 2. The van der Waals surface area contributed by atoms with E-state index in [9.17, 15) is 14.4 Å². The molecule has 0 aliphatic carbocycles. The predicted octanol–water partition coefficient (Wildman–Crippen LogP) is 2.60. The van der Waals surface area contributed by atoms with Crippen LogP contribution in [0.15, 0.2) is 67.0 Å². The Bertz CT molecular complexity index is 1180. The maximum Gasteiger partial charge on any atom is 0.318 e. The molecule has 10 heteroatoms. The minimum absolute atomic E-state index is 0.0790. The molecule has 2 amide bonds. The normalized spacial score (nSPS) is 12.7. The Morgan fingerprint density at radius 3 is 2.43 bits per heavy atom. The minimum atomic E-state index is -1.06. The molecule has 35 heavy (non-hydrogen) atoms. The number of nitrogen functional groups attached to an aromatic ring is 1. The Kier molecular flexibility index (Phi) is 8.20. The number of nitrogens with one attached hydrogen (secondary N) is 3. The van der Waals surface area contributed by atoms with Crippen molar-refractivity contribution in [2.45, 2.75) is 25.7 Å². The number of anilines is 2. The highest BCUT2D eigenvalue weighted by Crippen LogP contribution is 2.27. The first-order valence-corrected chi connectivity index (χ1v) is 11.0. The van der Waals surface area contributed by atoms with E-state index >= 15 is 0 Å². The van der Waals surface area contributed by atoms with Crippen molar-refractivity contribution in [2.24, 2.45) is 5.73 Å². The van der Waals surface area contributed by atoms with Crippen molar-refractivity contribution in [2.75, 3.05) is 18.0 Å². The summed E-state index contributed by atoms with van der Waals surface area (Å²) in [5.41, 5.74) is 7.26. The second kappa shape index (κ2) is 12.1. The molecule has 2 aromatic carbocycles. The number of amides is 2. The van der Waals surface area contributed by atoms with Crippen molar-refractivity contribution >= 4 is 35.0 Å². The number of benzene rings is 2. The number of para-hydroxylation sites is 1. The first kappa shape index (κ1) is 23.7. The molecule has 0 spiro atoms. The molecule has 1 heterocycles. The van der Waals surface area contributed by atoms with E-state index in [2.05, 4.69) is 15.3 Å². The van der Waals surface area contributed by atoms with Gasteiger partial charge >= 0.3 is 5.97 Å². The van der Waals surface area contributed by atoms with Gasteiger partial charge in [-0.15, -0.1) is 0 Å². The summed E-state index contributed by atoms with van der Waals surface area (Å²) in [4.78, 5) is 46.5. The lowest BCUT2D eigenvalue weighted by Crippen LogP contribution is -2.34. The summed E-state index contributed by atoms with van der Waals surface area (Å²) in [5.74, 6) is -2.10. The van der Waals surface area contributed by atoms with Crippen molar-refractivity contribution < 1.29 is 20.5 Å². The van der Waals surface area contributed by atoms with Crippen LogP contribution in [0.4, 0.5) is 11.4 Å². The van der Waals surface area contributed by atoms with Gasteiger partial charge in [0.05, 0.1) is 7.95 Å². The van der Waals surface area contributed by atoms with E-state index in [-0.39, 0.29) is 31.1 Å². The summed E-state index contributed by atoms with van der Waals surface area (Å²) < 4.78 is 12.4.